The number of nitro benzene ring substituents is 1. The number of rotatable bonds is 6. The summed E-state index contributed by atoms with van der Waals surface area (Å²) in [6.07, 6.45) is 3.11. The number of aromatic nitrogens is 1. The van der Waals surface area contributed by atoms with Gasteiger partial charge in [-0.2, -0.15) is 0 Å². The molecule has 112 valence electrons. The normalized spacial score (nSPS) is 10.5. The van der Waals surface area contributed by atoms with E-state index in [1.165, 1.54) is 23.5 Å². The van der Waals surface area contributed by atoms with Gasteiger partial charge in [0.1, 0.15) is 0 Å². The molecule has 21 heavy (non-hydrogen) atoms. The van der Waals surface area contributed by atoms with E-state index in [9.17, 15) is 14.9 Å². The molecule has 0 aliphatic heterocycles. The first-order chi connectivity index (χ1) is 10.1. The molecule has 1 aromatic carbocycles. The lowest BCUT2D eigenvalue weighted by atomic mass is 10.2. The molecule has 2 aromatic rings. The van der Waals surface area contributed by atoms with E-state index in [0.29, 0.717) is 21.9 Å². The van der Waals surface area contributed by atoms with E-state index in [1.807, 2.05) is 0 Å². The zero-order valence-corrected chi connectivity index (χ0v) is 12.4. The van der Waals surface area contributed by atoms with Gasteiger partial charge in [0.25, 0.3) is 5.69 Å². The van der Waals surface area contributed by atoms with E-state index in [1.54, 1.807) is 6.07 Å². The van der Waals surface area contributed by atoms with Crippen molar-refractivity contribution in [1.82, 2.24) is 10.3 Å². The Balaban J connectivity index is 1.99. The molecule has 0 saturated heterocycles. The molecule has 1 heterocycles. The zero-order valence-electron chi connectivity index (χ0n) is 11.6. The highest BCUT2D eigenvalue weighted by atomic mass is 32.1. The number of nitrogens with zero attached hydrogens (tertiary/aromatic N) is 2. The third kappa shape index (κ3) is 4.12. The number of unbranched alkanes of at least 4 members (excludes halogenated alkanes) is 2. The third-order valence-corrected chi connectivity index (χ3v) is 3.80. The number of fused-ring (bicyclic) bond motifs is 1. The van der Waals surface area contributed by atoms with E-state index < -0.39 is 4.92 Å². The Morgan fingerprint density at radius 2 is 2.24 bits per heavy atom. The average Bonchev–Trinajstić information content (AvgIpc) is 2.84. The van der Waals surface area contributed by atoms with Crippen molar-refractivity contribution in [3.63, 3.8) is 0 Å². The topological polar surface area (TPSA) is 97.2 Å². The lowest BCUT2D eigenvalue weighted by Crippen LogP contribution is -2.29. The van der Waals surface area contributed by atoms with E-state index >= 15 is 0 Å². The Hall–Kier alpha value is -2.22. The van der Waals surface area contributed by atoms with Crippen LogP contribution in [-0.2, 0) is 0 Å². The maximum absolute atomic E-state index is 11.7. The molecule has 0 fully saturated rings. The molecule has 0 aliphatic rings. The first kappa shape index (κ1) is 15.2. The van der Waals surface area contributed by atoms with Gasteiger partial charge in [-0.3, -0.25) is 15.4 Å². The van der Waals surface area contributed by atoms with Gasteiger partial charge in [-0.1, -0.05) is 31.1 Å². The number of carbonyl (C=O) groups excluding carboxylic acids is 1. The Labute approximate surface area is 125 Å². The number of benzene rings is 1. The van der Waals surface area contributed by atoms with Gasteiger partial charge in [0.05, 0.1) is 15.1 Å². The maximum atomic E-state index is 11.7. The van der Waals surface area contributed by atoms with Crippen LogP contribution in [0.1, 0.15) is 26.2 Å². The number of urea groups is 1. The smallest absolute Gasteiger partial charge is 0.321 e. The van der Waals surface area contributed by atoms with Crippen molar-refractivity contribution >= 4 is 38.4 Å². The maximum Gasteiger partial charge on any atom is 0.321 e. The van der Waals surface area contributed by atoms with Gasteiger partial charge in [0.2, 0.25) is 0 Å². The molecule has 7 nitrogen and oxygen atoms in total. The van der Waals surface area contributed by atoms with E-state index in [2.05, 4.69) is 22.5 Å². The van der Waals surface area contributed by atoms with Gasteiger partial charge in [-0.25, -0.2) is 9.78 Å². The van der Waals surface area contributed by atoms with Gasteiger partial charge in [-0.15, -0.1) is 0 Å². The Bertz CT molecular complexity index is 656. The third-order valence-electron chi connectivity index (χ3n) is 2.87. The molecule has 0 aliphatic carbocycles. The molecule has 0 saturated carbocycles. The predicted octanol–water partition coefficient (Wildman–Crippen LogP) is 3.52. The van der Waals surface area contributed by atoms with Crippen molar-refractivity contribution in [3.8, 4) is 0 Å². The zero-order chi connectivity index (χ0) is 15.2. The number of carbonyl (C=O) groups is 1. The van der Waals surface area contributed by atoms with Crippen molar-refractivity contribution in [1.29, 1.82) is 0 Å². The van der Waals surface area contributed by atoms with E-state index in [-0.39, 0.29) is 11.7 Å². The molecule has 0 unspecified atom stereocenters. The number of thiazole rings is 1. The Kier molecular flexibility index (Phi) is 5.04. The number of anilines is 1. The molecule has 1 aromatic heterocycles. The molecule has 0 bridgehead atoms. The first-order valence-corrected chi connectivity index (χ1v) is 7.51. The highest BCUT2D eigenvalue weighted by Gasteiger charge is 2.11. The van der Waals surface area contributed by atoms with Gasteiger partial charge in [0.15, 0.2) is 5.13 Å². The lowest BCUT2D eigenvalue weighted by molar-refractivity contribution is -0.384. The fourth-order valence-electron chi connectivity index (χ4n) is 1.80. The summed E-state index contributed by atoms with van der Waals surface area (Å²) in [6, 6.07) is 4.13. The summed E-state index contributed by atoms with van der Waals surface area (Å²) in [5.74, 6) is 0. The van der Waals surface area contributed by atoms with E-state index in [4.69, 9.17) is 0 Å². The summed E-state index contributed by atoms with van der Waals surface area (Å²) < 4.78 is 0.672. The van der Waals surface area contributed by atoms with Crippen molar-refractivity contribution in [2.75, 3.05) is 11.9 Å². The summed E-state index contributed by atoms with van der Waals surface area (Å²) >= 11 is 1.21. The Morgan fingerprint density at radius 3 is 2.95 bits per heavy atom. The number of nitrogens with one attached hydrogen (secondary N) is 2. The van der Waals surface area contributed by atoms with Crippen LogP contribution in [0.5, 0.6) is 0 Å². The quantitative estimate of drug-likeness (QED) is 0.484. The van der Waals surface area contributed by atoms with Crippen LogP contribution in [0.2, 0.25) is 0 Å². The number of amides is 2. The second-order valence-corrected chi connectivity index (χ2v) is 5.55. The number of non-ortho nitro benzene ring substituents is 1. The van der Waals surface area contributed by atoms with Crippen molar-refractivity contribution < 1.29 is 9.72 Å². The van der Waals surface area contributed by atoms with Crippen molar-refractivity contribution in [2.45, 2.75) is 26.2 Å². The molecule has 0 radical (unpaired) electrons. The average molecular weight is 308 g/mol. The SMILES string of the molecule is CCCCCNC(=O)Nc1nc2ccc([N+](=O)[O-])cc2s1. The fraction of sp³-hybridized carbons (Fsp3) is 0.385. The predicted molar refractivity (Wildman–Crippen MR) is 82.8 cm³/mol. The van der Waals surface area contributed by atoms with Gasteiger partial charge in [0, 0.05) is 18.7 Å². The largest absolute Gasteiger partial charge is 0.338 e. The highest BCUT2D eigenvalue weighted by molar-refractivity contribution is 7.22. The van der Waals surface area contributed by atoms with Crippen LogP contribution in [0.15, 0.2) is 18.2 Å². The monoisotopic (exact) mass is 308 g/mol. The molecular formula is C13H16N4O3S. The standard InChI is InChI=1S/C13H16N4O3S/c1-2-3-4-7-14-12(18)16-13-15-10-6-5-9(17(19)20)8-11(10)21-13/h5-6,8H,2-4,7H2,1H3,(H2,14,15,16,18). The molecule has 2 amide bonds. The number of hydrogen-bond acceptors (Lipinski definition) is 5. The molecule has 0 atom stereocenters. The van der Waals surface area contributed by atoms with Gasteiger partial charge < -0.3 is 5.32 Å². The van der Waals surface area contributed by atoms with Crippen LogP contribution in [-0.4, -0.2) is 22.5 Å². The second-order valence-electron chi connectivity index (χ2n) is 4.52. The van der Waals surface area contributed by atoms with Crippen LogP contribution in [0.4, 0.5) is 15.6 Å². The number of hydrogen-bond donors (Lipinski definition) is 2. The molecule has 2 rings (SSSR count). The number of nitro groups is 1. The summed E-state index contributed by atoms with van der Waals surface area (Å²) in [6.45, 7) is 2.72. The van der Waals surface area contributed by atoms with Gasteiger partial charge in [-0.05, 0) is 12.5 Å². The first-order valence-electron chi connectivity index (χ1n) is 6.70. The van der Waals surface area contributed by atoms with Crippen LogP contribution in [0.3, 0.4) is 0 Å². The van der Waals surface area contributed by atoms with Crippen molar-refractivity contribution in [2.24, 2.45) is 0 Å². The van der Waals surface area contributed by atoms with Gasteiger partial charge >= 0.3 is 6.03 Å². The Morgan fingerprint density at radius 1 is 1.43 bits per heavy atom. The summed E-state index contributed by atoms with van der Waals surface area (Å²) in [5.41, 5.74) is 0.647. The molecule has 8 heteroatoms. The summed E-state index contributed by atoms with van der Waals surface area (Å²) in [5, 5.41) is 16.5. The molecular weight excluding hydrogens is 292 g/mol. The minimum atomic E-state index is -0.452. The highest BCUT2D eigenvalue weighted by Crippen LogP contribution is 2.28. The van der Waals surface area contributed by atoms with Crippen LogP contribution in [0, 0.1) is 10.1 Å². The summed E-state index contributed by atoms with van der Waals surface area (Å²) in [7, 11) is 0. The minimum absolute atomic E-state index is 0.0155. The van der Waals surface area contributed by atoms with Crippen molar-refractivity contribution in [3.05, 3.63) is 28.3 Å². The summed E-state index contributed by atoms with van der Waals surface area (Å²) in [4.78, 5) is 26.1. The van der Waals surface area contributed by atoms with Crippen LogP contribution >= 0.6 is 11.3 Å². The van der Waals surface area contributed by atoms with E-state index in [0.717, 1.165) is 19.3 Å². The van der Waals surface area contributed by atoms with Crippen LogP contribution < -0.4 is 10.6 Å². The molecule has 0 spiro atoms. The van der Waals surface area contributed by atoms with Crippen LogP contribution in [0.25, 0.3) is 10.2 Å². The minimum Gasteiger partial charge on any atom is -0.338 e. The molecule has 2 N–H and O–H groups in total. The second kappa shape index (κ2) is 6.98. The lowest BCUT2D eigenvalue weighted by Gasteiger charge is -2.04. The fourth-order valence-corrected chi connectivity index (χ4v) is 2.69.